The lowest BCUT2D eigenvalue weighted by Gasteiger charge is -2.41. The fraction of sp³-hybridized carbons (Fsp3) is 1.00. The Morgan fingerprint density at radius 3 is 1.68 bits per heavy atom. The van der Waals surface area contributed by atoms with Crippen LogP contribution >= 0.6 is 0 Å². The summed E-state index contributed by atoms with van der Waals surface area (Å²) < 4.78 is 39.6. The van der Waals surface area contributed by atoms with E-state index < -0.39 is 17.6 Å². The fourth-order valence-electron chi connectivity index (χ4n) is 2.86. The van der Waals surface area contributed by atoms with E-state index in [0.717, 1.165) is 13.1 Å². The molecule has 9 nitrogen and oxygen atoms in total. The lowest BCUT2D eigenvalue weighted by molar-refractivity contribution is -0.0290. The van der Waals surface area contributed by atoms with Crippen LogP contribution in [-0.4, -0.2) is 109 Å². The molecular weight excluding hydrogens is 364 g/mol. The van der Waals surface area contributed by atoms with E-state index >= 15 is 0 Å². The van der Waals surface area contributed by atoms with E-state index in [-0.39, 0.29) is 12.1 Å². The van der Waals surface area contributed by atoms with Crippen molar-refractivity contribution in [2.45, 2.75) is 19.1 Å². The van der Waals surface area contributed by atoms with Crippen LogP contribution in [0.4, 0.5) is 0 Å². The maximum absolute atomic E-state index is 5.93. The number of rotatable bonds is 12. The molecule has 150 valence electrons. The molecule has 1 heterocycles. The Hall–Kier alpha value is 0.0738. The van der Waals surface area contributed by atoms with Gasteiger partial charge in [0.1, 0.15) is 0 Å². The summed E-state index contributed by atoms with van der Waals surface area (Å²) in [6.45, 7) is 4.44. The molecule has 0 aromatic rings. The van der Waals surface area contributed by atoms with Crippen molar-refractivity contribution >= 4 is 17.6 Å². The molecule has 0 bridgehead atoms. The van der Waals surface area contributed by atoms with Gasteiger partial charge in [0.05, 0.1) is 25.0 Å². The summed E-state index contributed by atoms with van der Waals surface area (Å²) in [5.41, 5.74) is 0. The molecule has 0 aromatic carbocycles. The van der Waals surface area contributed by atoms with Crippen molar-refractivity contribution in [2.24, 2.45) is 0 Å². The average Bonchev–Trinajstić information content (AvgIpc) is 2.69. The number of hydrogen-bond donors (Lipinski definition) is 1. The van der Waals surface area contributed by atoms with Gasteiger partial charge >= 0.3 is 17.6 Å². The van der Waals surface area contributed by atoms with Crippen LogP contribution in [0.15, 0.2) is 0 Å². The van der Waals surface area contributed by atoms with Crippen molar-refractivity contribution in [1.29, 1.82) is 0 Å². The summed E-state index contributed by atoms with van der Waals surface area (Å²) >= 11 is 0. The molecule has 0 radical (unpaired) electrons. The van der Waals surface area contributed by atoms with E-state index in [1.807, 2.05) is 0 Å². The van der Waals surface area contributed by atoms with Gasteiger partial charge in [0.2, 0.25) is 0 Å². The summed E-state index contributed by atoms with van der Waals surface area (Å²) in [5.74, 6) is 0. The van der Waals surface area contributed by atoms with Crippen LogP contribution < -0.4 is 5.32 Å². The minimum absolute atomic E-state index is 0.0308. The minimum atomic E-state index is -2.84. The maximum Gasteiger partial charge on any atom is 0.514 e. The molecule has 11 heteroatoms. The van der Waals surface area contributed by atoms with Gasteiger partial charge in [-0.2, -0.15) is 0 Å². The van der Waals surface area contributed by atoms with Crippen molar-refractivity contribution < 1.29 is 31.3 Å². The summed E-state index contributed by atoms with van der Waals surface area (Å²) in [6.07, 6.45) is 0.980. The Labute approximate surface area is 153 Å². The highest BCUT2D eigenvalue weighted by Gasteiger charge is 2.48. The van der Waals surface area contributed by atoms with Crippen molar-refractivity contribution in [3.63, 3.8) is 0 Å². The smallest absolute Gasteiger partial charge is 0.376 e. The Morgan fingerprint density at radius 2 is 1.36 bits per heavy atom. The van der Waals surface area contributed by atoms with E-state index in [0.29, 0.717) is 18.9 Å². The van der Waals surface area contributed by atoms with Crippen molar-refractivity contribution in [3.05, 3.63) is 0 Å². The third-order valence-electron chi connectivity index (χ3n) is 4.73. The van der Waals surface area contributed by atoms with Crippen LogP contribution in [0.25, 0.3) is 0 Å². The lowest BCUT2D eigenvalue weighted by atomic mass is 10.1. The van der Waals surface area contributed by atoms with Crippen LogP contribution in [0, 0.1) is 0 Å². The van der Waals surface area contributed by atoms with Gasteiger partial charge in [0.25, 0.3) is 0 Å². The van der Waals surface area contributed by atoms with Gasteiger partial charge in [-0.3, -0.25) is 4.90 Å². The van der Waals surface area contributed by atoms with Gasteiger partial charge in [-0.05, 0) is 6.92 Å². The molecular formula is C14H34N2O7Si2. The van der Waals surface area contributed by atoms with E-state index in [2.05, 4.69) is 17.1 Å². The molecule has 1 fully saturated rings. The Morgan fingerprint density at radius 1 is 0.920 bits per heavy atom. The summed E-state index contributed by atoms with van der Waals surface area (Å²) in [6, 6.07) is 0.0625. The average molecular weight is 399 g/mol. The molecule has 1 aliphatic rings. The summed E-state index contributed by atoms with van der Waals surface area (Å²) in [5, 5.41) is 3.36. The molecule has 0 amide bonds. The van der Waals surface area contributed by atoms with Crippen LogP contribution in [-0.2, 0) is 31.3 Å². The number of nitrogens with one attached hydrogen (secondary N) is 1. The van der Waals surface area contributed by atoms with E-state index in [1.165, 1.54) is 0 Å². The van der Waals surface area contributed by atoms with Crippen molar-refractivity contribution in [2.75, 3.05) is 74.7 Å². The largest absolute Gasteiger partial charge is 0.514 e. The maximum atomic E-state index is 5.93. The zero-order valence-electron chi connectivity index (χ0n) is 16.5. The normalized spacial score (nSPS) is 20.9. The van der Waals surface area contributed by atoms with E-state index in [4.69, 9.17) is 31.3 Å². The van der Waals surface area contributed by atoms with Crippen molar-refractivity contribution in [1.82, 2.24) is 10.2 Å². The Kier molecular flexibility index (Phi) is 10.2. The monoisotopic (exact) mass is 398 g/mol. The number of ether oxygens (including phenoxy) is 1. The van der Waals surface area contributed by atoms with Gasteiger partial charge < -0.3 is 36.6 Å². The van der Waals surface area contributed by atoms with Crippen molar-refractivity contribution in [3.8, 4) is 0 Å². The molecule has 0 spiro atoms. The highest BCUT2D eigenvalue weighted by Crippen LogP contribution is 2.19. The van der Waals surface area contributed by atoms with Gasteiger partial charge in [-0.15, -0.1) is 0 Å². The highest BCUT2D eigenvalue weighted by molar-refractivity contribution is 6.62. The quantitative estimate of drug-likeness (QED) is 0.438. The van der Waals surface area contributed by atoms with Crippen LogP contribution in [0.2, 0.25) is 0 Å². The molecule has 0 saturated carbocycles. The number of nitrogens with zero attached hydrogens (tertiary/aromatic N) is 1. The highest BCUT2D eigenvalue weighted by atomic mass is 28.4. The molecule has 0 aliphatic carbocycles. The molecule has 1 N–H and O–H groups in total. The van der Waals surface area contributed by atoms with Gasteiger partial charge in [0.15, 0.2) is 0 Å². The molecule has 2 unspecified atom stereocenters. The van der Waals surface area contributed by atoms with Gasteiger partial charge in [-0.1, -0.05) is 0 Å². The third-order valence-corrected chi connectivity index (χ3v) is 10.0. The van der Waals surface area contributed by atoms with E-state index in [1.54, 1.807) is 42.7 Å². The van der Waals surface area contributed by atoms with Crippen LogP contribution in [0.3, 0.4) is 0 Å². The zero-order chi connectivity index (χ0) is 18.9. The Balaban J connectivity index is 3.03. The molecule has 1 aliphatic heterocycles. The SMILES string of the molecule is CO[Si](CN(C[Si](OC)(OC)OC)C(C)C1CNCCO1)(OC)OC. The second-order valence-electron chi connectivity index (χ2n) is 5.85. The minimum Gasteiger partial charge on any atom is -0.376 e. The summed E-state index contributed by atoms with van der Waals surface area (Å²) in [7, 11) is 3.95. The molecule has 2 atom stereocenters. The molecule has 0 aromatic heterocycles. The van der Waals surface area contributed by atoms with Gasteiger partial charge in [0, 0.05) is 61.8 Å². The number of hydrogen-bond acceptors (Lipinski definition) is 9. The number of morpholine rings is 1. The fourth-order valence-corrected chi connectivity index (χ4v) is 6.65. The third kappa shape index (κ3) is 6.04. The molecule has 1 rings (SSSR count). The predicted octanol–water partition coefficient (Wildman–Crippen LogP) is -0.500. The van der Waals surface area contributed by atoms with E-state index in [9.17, 15) is 0 Å². The molecule has 25 heavy (non-hydrogen) atoms. The first-order chi connectivity index (χ1) is 11.9. The van der Waals surface area contributed by atoms with Gasteiger partial charge in [-0.25, -0.2) is 0 Å². The Bertz CT molecular complexity index is 329. The summed E-state index contributed by atoms with van der Waals surface area (Å²) in [4.78, 5) is 2.17. The second kappa shape index (κ2) is 11.0. The molecule has 1 saturated heterocycles. The predicted molar refractivity (Wildman–Crippen MR) is 97.2 cm³/mol. The lowest BCUT2D eigenvalue weighted by Crippen LogP contribution is -2.64. The zero-order valence-corrected chi connectivity index (χ0v) is 18.5. The first-order valence-corrected chi connectivity index (χ1v) is 12.2. The first-order valence-electron chi connectivity index (χ1n) is 8.32. The van der Waals surface area contributed by atoms with Crippen LogP contribution in [0.5, 0.6) is 0 Å². The second-order valence-corrected chi connectivity index (χ2v) is 11.7. The topological polar surface area (TPSA) is 79.9 Å². The first kappa shape index (κ1) is 23.1. The standard InChI is InChI=1S/C14H34N2O7Si2/c1-13(14-10-15-8-9-23-14)16(11-24(17-2,18-3)19-4)12-25(20-5,21-6)22-7/h13-15H,8-12H2,1-7H3. The van der Waals surface area contributed by atoms with Crippen LogP contribution in [0.1, 0.15) is 6.92 Å².